The first-order valence-electron chi connectivity index (χ1n) is 13.6. The molecule has 0 aromatic heterocycles. The third kappa shape index (κ3) is 8.65. The average molecular weight is 630 g/mol. The Kier molecular flexibility index (Phi) is 11.1. The number of benzene rings is 4. The quantitative estimate of drug-likeness (QED) is 0.120. The normalized spacial score (nSPS) is 11.7. The number of ether oxygens (including phenoxy) is 2. The van der Waals surface area contributed by atoms with Gasteiger partial charge in [0, 0.05) is 38.5 Å². The van der Waals surface area contributed by atoms with E-state index in [0.717, 1.165) is 10.5 Å². The van der Waals surface area contributed by atoms with Gasteiger partial charge in [0.1, 0.15) is 17.2 Å². The Bertz CT molecular complexity index is 1680. The summed E-state index contributed by atoms with van der Waals surface area (Å²) < 4.78 is 10.7. The van der Waals surface area contributed by atoms with Crippen molar-refractivity contribution in [3.8, 4) is 11.5 Å². The second kappa shape index (κ2) is 15.1. The lowest BCUT2D eigenvalue weighted by Gasteiger charge is -2.15. The summed E-state index contributed by atoms with van der Waals surface area (Å²) in [5.41, 5.74) is 3.08. The van der Waals surface area contributed by atoms with Gasteiger partial charge in [-0.25, -0.2) is 0 Å². The van der Waals surface area contributed by atoms with E-state index < -0.39 is 17.1 Å². The minimum absolute atomic E-state index is 0.0161. The summed E-state index contributed by atoms with van der Waals surface area (Å²) in [5, 5.41) is 8.64. The van der Waals surface area contributed by atoms with Crippen LogP contribution in [0.3, 0.4) is 0 Å². The van der Waals surface area contributed by atoms with E-state index in [2.05, 4.69) is 16.0 Å². The highest BCUT2D eigenvalue weighted by atomic mass is 35.5. The number of thioether (sulfide) groups is 1. The van der Waals surface area contributed by atoms with Crippen molar-refractivity contribution in [3.05, 3.63) is 118 Å². The molecule has 3 amide bonds. The summed E-state index contributed by atoms with van der Waals surface area (Å²) in [6.45, 7) is 3.72. The SMILES string of the molecule is COc1ccc(/C=C(\NC(=O)c2ccccc2)C(=O)Nc2ccc(SC(C)C(=O)Nc3cc(Cl)ccc3C)cc2)c(OC)c1. The third-order valence-electron chi connectivity index (χ3n) is 6.52. The van der Waals surface area contributed by atoms with Gasteiger partial charge in [0.25, 0.3) is 11.8 Å². The maximum Gasteiger partial charge on any atom is 0.272 e. The van der Waals surface area contributed by atoms with Gasteiger partial charge in [0.05, 0.1) is 19.5 Å². The number of rotatable bonds is 11. The van der Waals surface area contributed by atoms with Crippen molar-refractivity contribution in [2.24, 2.45) is 0 Å². The number of amides is 3. The zero-order valence-electron chi connectivity index (χ0n) is 24.6. The number of carbonyl (C=O) groups excluding carboxylic acids is 3. The molecule has 0 aliphatic heterocycles. The molecule has 0 bridgehead atoms. The fraction of sp³-hybridized carbons (Fsp3) is 0.147. The van der Waals surface area contributed by atoms with Crippen LogP contribution in [0.15, 0.2) is 102 Å². The van der Waals surface area contributed by atoms with Gasteiger partial charge in [-0.3, -0.25) is 14.4 Å². The fourth-order valence-electron chi connectivity index (χ4n) is 4.07. The van der Waals surface area contributed by atoms with E-state index >= 15 is 0 Å². The third-order valence-corrected chi connectivity index (χ3v) is 7.87. The van der Waals surface area contributed by atoms with E-state index in [1.807, 2.05) is 32.0 Å². The van der Waals surface area contributed by atoms with Crippen molar-refractivity contribution in [2.75, 3.05) is 24.9 Å². The lowest BCUT2D eigenvalue weighted by Crippen LogP contribution is -2.30. The summed E-state index contributed by atoms with van der Waals surface area (Å²) in [7, 11) is 3.06. The van der Waals surface area contributed by atoms with Gasteiger partial charge in [-0.1, -0.05) is 35.9 Å². The molecular formula is C34H32ClN3O5S. The first kappa shape index (κ1) is 32.2. The number of hydrogen-bond donors (Lipinski definition) is 3. The molecule has 0 radical (unpaired) electrons. The highest BCUT2D eigenvalue weighted by Gasteiger charge is 2.18. The molecule has 44 heavy (non-hydrogen) atoms. The van der Waals surface area contributed by atoms with Crippen molar-refractivity contribution in [3.63, 3.8) is 0 Å². The summed E-state index contributed by atoms with van der Waals surface area (Å²) in [4.78, 5) is 40.1. The summed E-state index contributed by atoms with van der Waals surface area (Å²) in [5.74, 6) is -0.0735. The first-order chi connectivity index (χ1) is 21.2. The van der Waals surface area contributed by atoms with Gasteiger partial charge >= 0.3 is 0 Å². The molecule has 1 atom stereocenters. The molecule has 4 aromatic carbocycles. The lowest BCUT2D eigenvalue weighted by molar-refractivity contribution is -0.115. The minimum atomic E-state index is -0.530. The van der Waals surface area contributed by atoms with Crippen molar-refractivity contribution in [2.45, 2.75) is 24.0 Å². The molecule has 0 heterocycles. The maximum atomic E-state index is 13.5. The number of methoxy groups -OCH3 is 2. The zero-order chi connectivity index (χ0) is 31.6. The smallest absolute Gasteiger partial charge is 0.272 e. The maximum absolute atomic E-state index is 13.5. The molecule has 4 aromatic rings. The Morgan fingerprint density at radius 2 is 1.59 bits per heavy atom. The molecule has 0 fully saturated rings. The highest BCUT2D eigenvalue weighted by molar-refractivity contribution is 8.00. The second-order valence-corrected chi connectivity index (χ2v) is 11.5. The summed E-state index contributed by atoms with van der Waals surface area (Å²) in [6.07, 6.45) is 1.54. The van der Waals surface area contributed by atoms with Crippen LogP contribution in [0.4, 0.5) is 11.4 Å². The molecule has 1 unspecified atom stereocenters. The van der Waals surface area contributed by atoms with Gasteiger partial charge in [0.15, 0.2) is 0 Å². The van der Waals surface area contributed by atoms with Crippen LogP contribution in [0.1, 0.15) is 28.4 Å². The summed E-state index contributed by atoms with van der Waals surface area (Å²) in [6, 6.07) is 26.2. The average Bonchev–Trinajstić information content (AvgIpc) is 3.03. The van der Waals surface area contributed by atoms with Crippen LogP contribution in [0.5, 0.6) is 11.5 Å². The molecule has 0 aliphatic rings. The Morgan fingerprint density at radius 3 is 2.27 bits per heavy atom. The Balaban J connectivity index is 1.48. The molecule has 3 N–H and O–H groups in total. The number of carbonyl (C=O) groups is 3. The molecule has 4 rings (SSSR count). The van der Waals surface area contributed by atoms with Crippen LogP contribution in [-0.4, -0.2) is 37.2 Å². The molecule has 0 saturated heterocycles. The molecule has 8 nitrogen and oxygen atoms in total. The lowest BCUT2D eigenvalue weighted by atomic mass is 10.1. The standard InChI is InChI=1S/C34H32ClN3O5S/c1-21-10-12-25(35)19-29(21)37-32(39)22(2)44-28-16-13-26(14-17-28)36-34(41)30(38-33(40)23-8-6-5-7-9-23)18-24-11-15-27(42-3)20-31(24)43-4/h5-20,22H,1-4H3,(H,36,41)(H,37,39)(H,38,40)/b30-18-. The second-order valence-electron chi connectivity index (χ2n) is 9.67. The van der Waals surface area contributed by atoms with Crippen molar-refractivity contribution >= 4 is 58.5 Å². The number of hydrogen-bond acceptors (Lipinski definition) is 6. The van der Waals surface area contributed by atoms with Crippen molar-refractivity contribution < 1.29 is 23.9 Å². The number of halogens is 1. The summed E-state index contributed by atoms with van der Waals surface area (Å²) >= 11 is 7.46. The van der Waals surface area contributed by atoms with Gasteiger partial charge < -0.3 is 25.4 Å². The van der Waals surface area contributed by atoms with E-state index in [9.17, 15) is 14.4 Å². The van der Waals surface area contributed by atoms with Crippen LogP contribution in [0.2, 0.25) is 5.02 Å². The van der Waals surface area contributed by atoms with Crippen LogP contribution in [0, 0.1) is 6.92 Å². The Labute approximate surface area is 265 Å². The number of anilines is 2. The van der Waals surface area contributed by atoms with E-state index in [-0.39, 0.29) is 11.6 Å². The topological polar surface area (TPSA) is 106 Å². The molecular weight excluding hydrogens is 598 g/mol. The molecule has 10 heteroatoms. The Morgan fingerprint density at radius 1 is 0.864 bits per heavy atom. The van der Waals surface area contributed by atoms with Crippen LogP contribution in [0.25, 0.3) is 6.08 Å². The van der Waals surface area contributed by atoms with E-state index in [1.165, 1.54) is 18.9 Å². The zero-order valence-corrected chi connectivity index (χ0v) is 26.2. The first-order valence-corrected chi connectivity index (χ1v) is 14.9. The van der Waals surface area contributed by atoms with Crippen LogP contribution >= 0.6 is 23.4 Å². The van der Waals surface area contributed by atoms with Gasteiger partial charge in [-0.2, -0.15) is 0 Å². The van der Waals surface area contributed by atoms with E-state index in [4.69, 9.17) is 21.1 Å². The van der Waals surface area contributed by atoms with E-state index in [0.29, 0.717) is 39.0 Å². The fourth-order valence-corrected chi connectivity index (χ4v) is 5.11. The predicted octanol–water partition coefficient (Wildman–Crippen LogP) is 7.19. The number of aryl methyl sites for hydroxylation is 1. The molecule has 0 spiro atoms. The van der Waals surface area contributed by atoms with Gasteiger partial charge in [-0.05, 0) is 86.2 Å². The molecule has 226 valence electrons. The molecule has 0 aliphatic carbocycles. The Hall–Kier alpha value is -4.73. The largest absolute Gasteiger partial charge is 0.497 e. The van der Waals surface area contributed by atoms with E-state index in [1.54, 1.807) is 86.0 Å². The monoisotopic (exact) mass is 629 g/mol. The van der Waals surface area contributed by atoms with Crippen molar-refractivity contribution in [1.29, 1.82) is 0 Å². The van der Waals surface area contributed by atoms with Gasteiger partial charge in [-0.15, -0.1) is 11.8 Å². The highest BCUT2D eigenvalue weighted by Crippen LogP contribution is 2.28. The minimum Gasteiger partial charge on any atom is -0.497 e. The van der Waals surface area contributed by atoms with Gasteiger partial charge in [0.2, 0.25) is 5.91 Å². The van der Waals surface area contributed by atoms with Crippen LogP contribution < -0.4 is 25.4 Å². The van der Waals surface area contributed by atoms with Crippen LogP contribution in [-0.2, 0) is 9.59 Å². The molecule has 0 saturated carbocycles. The van der Waals surface area contributed by atoms with Crippen molar-refractivity contribution in [1.82, 2.24) is 5.32 Å². The number of nitrogens with one attached hydrogen (secondary N) is 3. The predicted molar refractivity (Wildman–Crippen MR) is 177 cm³/mol.